The molecule has 0 spiro atoms. The molecule has 4 rings (SSSR count). The SMILES string of the molecule is Cc1ccccc1-c1c[n+](-c2c(C)cccc2C)c(-c2ccccc2)n1C. The molecule has 27 heavy (non-hydrogen) atoms. The van der Waals surface area contributed by atoms with Crippen molar-refractivity contribution in [2.75, 3.05) is 0 Å². The molecule has 0 aliphatic carbocycles. The van der Waals surface area contributed by atoms with Gasteiger partial charge in [-0.25, -0.2) is 4.57 Å². The van der Waals surface area contributed by atoms with Gasteiger partial charge in [-0.15, -0.1) is 0 Å². The van der Waals surface area contributed by atoms with Crippen LogP contribution in [0.4, 0.5) is 0 Å². The summed E-state index contributed by atoms with van der Waals surface area (Å²) in [5.74, 6) is 1.19. The van der Waals surface area contributed by atoms with Gasteiger partial charge in [0.25, 0.3) is 5.82 Å². The zero-order valence-corrected chi connectivity index (χ0v) is 16.4. The van der Waals surface area contributed by atoms with Crippen LogP contribution in [0.25, 0.3) is 28.3 Å². The predicted molar refractivity (Wildman–Crippen MR) is 112 cm³/mol. The van der Waals surface area contributed by atoms with E-state index < -0.39 is 0 Å². The molecule has 0 saturated carbocycles. The van der Waals surface area contributed by atoms with E-state index in [0.717, 1.165) is 0 Å². The van der Waals surface area contributed by atoms with Crippen molar-refractivity contribution in [1.82, 2.24) is 4.57 Å². The van der Waals surface area contributed by atoms with Crippen LogP contribution >= 0.6 is 0 Å². The van der Waals surface area contributed by atoms with E-state index in [1.165, 1.54) is 45.0 Å². The zero-order valence-electron chi connectivity index (χ0n) is 16.4. The normalized spacial score (nSPS) is 11.0. The first-order valence-corrected chi connectivity index (χ1v) is 9.37. The van der Waals surface area contributed by atoms with Gasteiger partial charge >= 0.3 is 0 Å². The predicted octanol–water partition coefficient (Wildman–Crippen LogP) is 5.56. The van der Waals surface area contributed by atoms with Gasteiger partial charge in [0.05, 0.1) is 12.6 Å². The van der Waals surface area contributed by atoms with Crippen molar-refractivity contribution in [3.63, 3.8) is 0 Å². The lowest BCUT2D eigenvalue weighted by molar-refractivity contribution is -0.583. The van der Waals surface area contributed by atoms with Crippen molar-refractivity contribution in [3.8, 4) is 28.3 Å². The summed E-state index contributed by atoms with van der Waals surface area (Å²) in [5, 5.41) is 0. The molecule has 1 aromatic heterocycles. The van der Waals surface area contributed by atoms with Gasteiger partial charge in [-0.3, -0.25) is 0 Å². The first-order valence-electron chi connectivity index (χ1n) is 9.37. The summed E-state index contributed by atoms with van der Waals surface area (Å²) in [7, 11) is 2.16. The Hall–Kier alpha value is -3.13. The van der Waals surface area contributed by atoms with Crippen LogP contribution in [0.15, 0.2) is 79.0 Å². The highest BCUT2D eigenvalue weighted by Crippen LogP contribution is 2.28. The maximum absolute atomic E-state index is 2.35. The van der Waals surface area contributed by atoms with Crippen LogP contribution in [-0.2, 0) is 7.05 Å². The Labute approximate surface area is 161 Å². The van der Waals surface area contributed by atoms with Crippen molar-refractivity contribution >= 4 is 0 Å². The number of nitrogens with zero attached hydrogens (tertiary/aromatic N) is 2. The van der Waals surface area contributed by atoms with Crippen molar-refractivity contribution < 1.29 is 4.57 Å². The van der Waals surface area contributed by atoms with Crippen molar-refractivity contribution in [2.24, 2.45) is 7.05 Å². The molecule has 0 fully saturated rings. The van der Waals surface area contributed by atoms with Crippen LogP contribution in [0.3, 0.4) is 0 Å². The second kappa shape index (κ2) is 6.88. The Morgan fingerprint density at radius 1 is 0.667 bits per heavy atom. The summed E-state index contributed by atoms with van der Waals surface area (Å²) < 4.78 is 4.66. The standard InChI is InChI=1S/C25H25N2/c1-18-11-8-9-16-22(18)23-17-27(24-19(2)12-10-13-20(24)3)25(26(23)4)21-14-6-5-7-15-21/h5-17H,1-4H3/q+1. The highest BCUT2D eigenvalue weighted by atomic mass is 15.2. The molecule has 0 amide bonds. The van der Waals surface area contributed by atoms with Crippen LogP contribution in [0.1, 0.15) is 16.7 Å². The van der Waals surface area contributed by atoms with Gasteiger partial charge in [-0.05, 0) is 49.6 Å². The topological polar surface area (TPSA) is 8.81 Å². The first kappa shape index (κ1) is 17.3. The van der Waals surface area contributed by atoms with E-state index in [1.807, 2.05) is 0 Å². The quantitative estimate of drug-likeness (QED) is 0.426. The highest BCUT2D eigenvalue weighted by Gasteiger charge is 2.27. The second-order valence-electron chi connectivity index (χ2n) is 7.19. The Kier molecular flexibility index (Phi) is 4.41. The molecule has 134 valence electrons. The molecule has 0 radical (unpaired) electrons. The lowest BCUT2D eigenvalue weighted by Gasteiger charge is -2.08. The fourth-order valence-electron chi connectivity index (χ4n) is 3.93. The molecule has 2 nitrogen and oxygen atoms in total. The van der Waals surface area contributed by atoms with Gasteiger partial charge in [0.15, 0.2) is 5.69 Å². The van der Waals surface area contributed by atoms with Crippen molar-refractivity contribution in [1.29, 1.82) is 0 Å². The third-order valence-corrected chi connectivity index (χ3v) is 5.29. The highest BCUT2D eigenvalue weighted by molar-refractivity contribution is 5.67. The second-order valence-corrected chi connectivity index (χ2v) is 7.19. The van der Waals surface area contributed by atoms with Crippen LogP contribution in [-0.4, -0.2) is 4.57 Å². The van der Waals surface area contributed by atoms with Crippen molar-refractivity contribution in [2.45, 2.75) is 20.8 Å². The Morgan fingerprint density at radius 3 is 1.93 bits per heavy atom. The third kappa shape index (κ3) is 2.97. The van der Waals surface area contributed by atoms with Gasteiger partial charge in [-0.2, -0.15) is 4.57 Å². The molecule has 0 aliphatic heterocycles. The Morgan fingerprint density at radius 2 is 1.26 bits per heavy atom. The monoisotopic (exact) mass is 353 g/mol. The fraction of sp³-hybridized carbons (Fsp3) is 0.160. The summed E-state index contributed by atoms with van der Waals surface area (Å²) in [4.78, 5) is 0. The van der Waals surface area contributed by atoms with E-state index in [9.17, 15) is 0 Å². The number of para-hydroxylation sites is 1. The van der Waals surface area contributed by atoms with Gasteiger partial charge in [0.1, 0.15) is 11.9 Å². The van der Waals surface area contributed by atoms with Gasteiger partial charge < -0.3 is 0 Å². The summed E-state index contributed by atoms with van der Waals surface area (Å²) in [5.41, 5.74) is 8.79. The number of hydrogen-bond acceptors (Lipinski definition) is 0. The Bertz CT molecular complexity index is 1080. The van der Waals surface area contributed by atoms with Crippen LogP contribution in [0, 0.1) is 20.8 Å². The molecule has 1 heterocycles. The van der Waals surface area contributed by atoms with Gasteiger partial charge in [-0.1, -0.05) is 60.7 Å². The van der Waals surface area contributed by atoms with E-state index in [2.05, 4.69) is 116 Å². The maximum Gasteiger partial charge on any atom is 0.294 e. The summed E-state index contributed by atoms with van der Waals surface area (Å²) in [6.45, 7) is 6.54. The maximum atomic E-state index is 2.35. The average Bonchev–Trinajstić information content (AvgIpc) is 2.99. The number of aromatic nitrogens is 2. The van der Waals surface area contributed by atoms with E-state index in [-0.39, 0.29) is 0 Å². The van der Waals surface area contributed by atoms with Gasteiger partial charge in [0, 0.05) is 5.56 Å². The molecule has 0 saturated heterocycles. The third-order valence-electron chi connectivity index (χ3n) is 5.29. The number of rotatable bonds is 3. The molecule has 2 heteroatoms. The summed E-state index contributed by atoms with van der Waals surface area (Å²) in [6, 6.07) is 25.7. The average molecular weight is 353 g/mol. The fourth-order valence-corrected chi connectivity index (χ4v) is 3.93. The van der Waals surface area contributed by atoms with E-state index in [1.54, 1.807) is 0 Å². The molecule has 4 aromatic rings. The number of benzene rings is 3. The number of imidazole rings is 1. The molecular weight excluding hydrogens is 328 g/mol. The minimum absolute atomic E-state index is 1.19. The Balaban J connectivity index is 2.07. The molecule has 0 atom stereocenters. The molecule has 0 unspecified atom stereocenters. The minimum atomic E-state index is 1.19. The van der Waals surface area contributed by atoms with E-state index in [0.29, 0.717) is 0 Å². The molecule has 0 N–H and O–H groups in total. The summed E-state index contributed by atoms with van der Waals surface area (Å²) >= 11 is 0. The lowest BCUT2D eigenvalue weighted by atomic mass is 10.1. The minimum Gasteiger partial charge on any atom is -0.225 e. The van der Waals surface area contributed by atoms with E-state index in [4.69, 9.17) is 0 Å². The largest absolute Gasteiger partial charge is 0.294 e. The molecule has 3 aromatic carbocycles. The van der Waals surface area contributed by atoms with Crippen LogP contribution < -0.4 is 4.57 Å². The number of hydrogen-bond donors (Lipinski definition) is 0. The first-order chi connectivity index (χ1) is 13.1. The van der Waals surface area contributed by atoms with Crippen LogP contribution in [0.2, 0.25) is 0 Å². The van der Waals surface area contributed by atoms with Gasteiger partial charge in [0.2, 0.25) is 0 Å². The summed E-state index contributed by atoms with van der Waals surface area (Å²) in [6.07, 6.45) is 2.28. The van der Waals surface area contributed by atoms with E-state index >= 15 is 0 Å². The van der Waals surface area contributed by atoms with Crippen LogP contribution in [0.5, 0.6) is 0 Å². The van der Waals surface area contributed by atoms with Crippen molar-refractivity contribution in [3.05, 3.63) is 95.7 Å². The smallest absolute Gasteiger partial charge is 0.225 e. The zero-order chi connectivity index (χ0) is 19.0. The number of aryl methyl sites for hydroxylation is 3. The molecular formula is C25H25N2+. The molecule has 0 aliphatic rings. The lowest BCUT2D eigenvalue weighted by Crippen LogP contribution is -2.33. The molecule has 0 bridgehead atoms.